The summed E-state index contributed by atoms with van der Waals surface area (Å²) < 4.78 is 25.6. The summed E-state index contributed by atoms with van der Waals surface area (Å²) in [5.74, 6) is 0. The molecule has 0 atom stereocenters. The highest BCUT2D eigenvalue weighted by molar-refractivity contribution is 7.92. The van der Waals surface area contributed by atoms with Crippen LogP contribution >= 0.6 is 0 Å². The molecule has 0 saturated heterocycles. The summed E-state index contributed by atoms with van der Waals surface area (Å²) in [6, 6.07) is 30.9. The third kappa shape index (κ3) is 9.71. The first-order chi connectivity index (χ1) is 22.9. The summed E-state index contributed by atoms with van der Waals surface area (Å²) >= 11 is 0. The van der Waals surface area contributed by atoms with Gasteiger partial charge in [-0.25, -0.2) is 13.2 Å². The molecule has 0 fully saturated rings. The number of aryl methyl sites for hydroxylation is 3. The number of rotatable bonds is 14. The summed E-state index contributed by atoms with van der Waals surface area (Å²) in [4.78, 5) is 20.3. The van der Waals surface area contributed by atoms with E-state index in [0.29, 0.717) is 5.69 Å². The summed E-state index contributed by atoms with van der Waals surface area (Å²) in [5, 5.41) is 4.14. The van der Waals surface area contributed by atoms with Crippen LogP contribution in [0, 0.1) is 13.8 Å². The van der Waals surface area contributed by atoms with Crippen molar-refractivity contribution >= 4 is 38.3 Å². The highest BCUT2D eigenvalue weighted by Gasteiger charge is 2.17. The predicted octanol–water partition coefficient (Wildman–Crippen LogP) is 7.98. The summed E-state index contributed by atoms with van der Waals surface area (Å²) in [5.41, 5.74) is 10.9. The lowest BCUT2D eigenvalue weighted by atomic mass is 9.99. The Balaban J connectivity index is 1.36. The molecule has 0 saturated carbocycles. The van der Waals surface area contributed by atoms with Gasteiger partial charge in [-0.15, -0.1) is 0 Å². The van der Waals surface area contributed by atoms with Crippen molar-refractivity contribution in [3.05, 3.63) is 119 Å². The van der Waals surface area contributed by atoms with Crippen molar-refractivity contribution in [2.24, 2.45) is 0 Å². The summed E-state index contributed by atoms with van der Waals surface area (Å²) in [6.45, 7) is 6.96. The van der Waals surface area contributed by atoms with Crippen molar-refractivity contribution < 1.29 is 13.2 Å². The molecule has 1 aromatic heterocycles. The fraction of sp³-hybridized carbons (Fsp3) is 0.308. The molecule has 4 aromatic carbocycles. The van der Waals surface area contributed by atoms with E-state index in [-0.39, 0.29) is 6.03 Å². The van der Waals surface area contributed by atoms with Gasteiger partial charge in [-0.3, -0.25) is 9.62 Å². The van der Waals surface area contributed by atoms with Crippen LogP contribution in [0.15, 0.2) is 91.0 Å². The Morgan fingerprint density at radius 3 is 2.12 bits per heavy atom. The highest BCUT2D eigenvalue weighted by Crippen LogP contribution is 2.34. The maximum atomic E-state index is 12.5. The quantitative estimate of drug-likeness (QED) is 0.105. The van der Waals surface area contributed by atoms with E-state index in [1.54, 1.807) is 14.1 Å². The topological polar surface area (TPSA) is 97.5 Å². The summed E-state index contributed by atoms with van der Waals surface area (Å²) in [7, 11) is 0.191. The maximum absolute atomic E-state index is 12.5. The van der Waals surface area contributed by atoms with Gasteiger partial charge in [0.05, 0.1) is 6.26 Å². The van der Waals surface area contributed by atoms with Crippen LogP contribution < -0.4 is 10.0 Å². The van der Waals surface area contributed by atoms with Crippen LogP contribution in [-0.4, -0.2) is 62.7 Å². The minimum atomic E-state index is -3.29. The number of nitrogens with zero attached hydrogens (tertiary/aromatic N) is 2. The third-order valence-corrected chi connectivity index (χ3v) is 9.05. The molecule has 48 heavy (non-hydrogen) atoms. The average Bonchev–Trinajstić information content (AvgIpc) is 3.39. The molecule has 0 unspecified atom stereocenters. The van der Waals surface area contributed by atoms with E-state index in [2.05, 4.69) is 94.4 Å². The van der Waals surface area contributed by atoms with Crippen molar-refractivity contribution in [3.63, 3.8) is 0 Å². The minimum Gasteiger partial charge on any atom is -0.354 e. The van der Waals surface area contributed by atoms with Crippen molar-refractivity contribution in [2.45, 2.75) is 46.1 Å². The normalized spacial score (nSPS) is 11.6. The average molecular weight is 666 g/mol. The second kappa shape index (κ2) is 15.5. The molecule has 0 bridgehead atoms. The maximum Gasteiger partial charge on any atom is 0.321 e. The highest BCUT2D eigenvalue weighted by atomic mass is 32.2. The van der Waals surface area contributed by atoms with Gasteiger partial charge in [-0.1, -0.05) is 59.7 Å². The molecule has 2 amide bonds. The fourth-order valence-corrected chi connectivity index (χ4v) is 6.75. The number of benzene rings is 4. The molecule has 0 radical (unpaired) electrons. The number of anilines is 2. The van der Waals surface area contributed by atoms with Gasteiger partial charge in [0, 0.05) is 55.2 Å². The largest absolute Gasteiger partial charge is 0.354 e. The number of urea groups is 1. The first kappa shape index (κ1) is 34.7. The van der Waals surface area contributed by atoms with Crippen molar-refractivity contribution in [3.8, 4) is 11.3 Å². The molecular weight excluding hydrogens is 619 g/mol. The number of nitrogens with one attached hydrogen (secondary N) is 3. The van der Waals surface area contributed by atoms with E-state index in [9.17, 15) is 13.2 Å². The molecule has 8 nitrogen and oxygen atoms in total. The van der Waals surface area contributed by atoms with E-state index in [1.807, 2.05) is 30.3 Å². The molecule has 5 rings (SSSR count). The number of carbonyl (C=O) groups excluding carboxylic acids is 1. The molecule has 1 heterocycles. The van der Waals surface area contributed by atoms with Crippen molar-refractivity contribution in [2.75, 3.05) is 43.5 Å². The number of amides is 2. The number of carbonyl (C=O) groups is 1. The Labute approximate surface area is 285 Å². The van der Waals surface area contributed by atoms with Crippen LogP contribution in [0.1, 0.15) is 40.7 Å². The van der Waals surface area contributed by atoms with Gasteiger partial charge >= 0.3 is 6.03 Å². The molecule has 5 aromatic rings. The van der Waals surface area contributed by atoms with Gasteiger partial charge in [0.25, 0.3) is 0 Å². The monoisotopic (exact) mass is 665 g/mol. The number of aromatic nitrogens is 1. The second-order valence-electron chi connectivity index (χ2n) is 13.0. The van der Waals surface area contributed by atoms with Crippen LogP contribution in [0.25, 0.3) is 22.2 Å². The van der Waals surface area contributed by atoms with Crippen molar-refractivity contribution in [1.29, 1.82) is 0 Å². The van der Waals surface area contributed by atoms with Crippen LogP contribution in [0.4, 0.5) is 16.2 Å². The zero-order valence-electron chi connectivity index (χ0n) is 28.6. The van der Waals surface area contributed by atoms with E-state index in [4.69, 9.17) is 0 Å². The fourth-order valence-electron chi connectivity index (χ4n) is 6.19. The number of fused-ring (bicyclic) bond motifs is 1. The Kier molecular flexibility index (Phi) is 11.2. The molecule has 0 spiro atoms. The first-order valence-corrected chi connectivity index (χ1v) is 18.4. The van der Waals surface area contributed by atoms with Gasteiger partial charge in [0.1, 0.15) is 0 Å². The van der Waals surface area contributed by atoms with E-state index >= 15 is 0 Å². The lowest BCUT2D eigenvalue weighted by Crippen LogP contribution is -2.27. The second-order valence-corrected chi connectivity index (χ2v) is 14.7. The molecule has 0 aliphatic carbocycles. The zero-order valence-corrected chi connectivity index (χ0v) is 29.5. The first-order valence-electron chi connectivity index (χ1n) is 16.5. The van der Waals surface area contributed by atoms with Crippen molar-refractivity contribution in [1.82, 2.24) is 14.8 Å². The number of aromatic amines is 1. The Morgan fingerprint density at radius 1 is 0.771 bits per heavy atom. The van der Waals surface area contributed by atoms with Gasteiger partial charge in [-0.2, -0.15) is 0 Å². The molecule has 9 heteroatoms. The van der Waals surface area contributed by atoms with Crippen LogP contribution in [0.3, 0.4) is 0 Å². The Hall–Kier alpha value is -4.60. The lowest BCUT2D eigenvalue weighted by Gasteiger charge is -2.23. The molecule has 0 aliphatic heterocycles. The molecule has 3 N–H and O–H groups in total. The van der Waals surface area contributed by atoms with Gasteiger partial charge < -0.3 is 15.2 Å². The van der Waals surface area contributed by atoms with Gasteiger partial charge in [0.15, 0.2) is 0 Å². The number of unbranched alkanes of at least 4 members (excludes halogenated alkanes) is 1. The number of hydrogen-bond donors (Lipinski definition) is 3. The Bertz CT molecular complexity index is 1930. The number of sulfonamides is 1. The molecule has 0 aliphatic rings. The van der Waals surface area contributed by atoms with E-state index < -0.39 is 10.0 Å². The lowest BCUT2D eigenvalue weighted by molar-refractivity contribution is 0.230. The summed E-state index contributed by atoms with van der Waals surface area (Å²) in [6.07, 6.45) is 5.00. The van der Waals surface area contributed by atoms with Crippen LogP contribution in [0.2, 0.25) is 0 Å². The smallest absolute Gasteiger partial charge is 0.321 e. The molecular formula is C39H47N5O3S. The number of H-pyrrole nitrogens is 1. The van der Waals surface area contributed by atoms with Crippen LogP contribution in [0.5, 0.6) is 0 Å². The minimum absolute atomic E-state index is 0.156. The zero-order chi connectivity index (χ0) is 34.3. The van der Waals surface area contributed by atoms with E-state index in [1.165, 1.54) is 38.3 Å². The Morgan fingerprint density at radius 2 is 1.46 bits per heavy atom. The number of hydrogen-bond acceptors (Lipinski definition) is 4. The predicted molar refractivity (Wildman–Crippen MR) is 199 cm³/mol. The van der Waals surface area contributed by atoms with Crippen LogP contribution in [-0.2, 0) is 29.4 Å². The SMILES string of the molecule is Cc1cc(C)cc(-c2[nH]c3ccc(NC(=O)N(C)C)cc3c2CCN(CCCCc2ccc(NS(C)(=O)=O)cc2)Cc2ccccc2)c1. The van der Waals surface area contributed by atoms with E-state index in [0.717, 1.165) is 73.9 Å². The van der Waals surface area contributed by atoms with Gasteiger partial charge in [-0.05, 0) is 111 Å². The standard InChI is InChI=1S/C39H47N5O3S/c1-28-23-29(2)25-32(24-28)38-35(36-26-34(18-19-37(36)41-38)40-39(45)43(3)4)20-22-44(27-31-12-7-6-8-13-31)21-10-9-11-30-14-16-33(17-15-30)42-48(5,46)47/h6-8,12-19,23-26,41-42H,9-11,20-22,27H2,1-5H3,(H,40,45). The molecule has 252 valence electrons. The van der Waals surface area contributed by atoms with Gasteiger partial charge in [0.2, 0.25) is 10.0 Å². The third-order valence-electron chi connectivity index (χ3n) is 8.45.